The maximum atomic E-state index is 6.31. The minimum absolute atomic E-state index is 0.385. The summed E-state index contributed by atoms with van der Waals surface area (Å²) in [6.07, 6.45) is 1.45. The number of methoxy groups -OCH3 is 1. The summed E-state index contributed by atoms with van der Waals surface area (Å²) in [4.78, 5) is 13.1. The van der Waals surface area contributed by atoms with Crippen molar-refractivity contribution in [3.8, 4) is 11.5 Å². The Bertz CT molecular complexity index is 1150. The van der Waals surface area contributed by atoms with Crippen LogP contribution in [0.3, 0.4) is 0 Å². The number of para-hydroxylation sites is 2. The van der Waals surface area contributed by atoms with E-state index in [-0.39, 0.29) is 0 Å². The van der Waals surface area contributed by atoms with Gasteiger partial charge in [-0.15, -0.1) is 0 Å². The van der Waals surface area contributed by atoms with Crippen LogP contribution in [0.25, 0.3) is 10.2 Å². The Morgan fingerprint density at radius 1 is 1.07 bits per heavy atom. The molecule has 4 aromatic rings. The van der Waals surface area contributed by atoms with E-state index in [0.29, 0.717) is 29.1 Å². The van der Waals surface area contributed by atoms with E-state index in [1.54, 1.807) is 7.11 Å². The molecule has 0 fully saturated rings. The molecule has 0 saturated heterocycles. The van der Waals surface area contributed by atoms with E-state index in [1.165, 1.54) is 17.7 Å². The van der Waals surface area contributed by atoms with Crippen LogP contribution < -0.4 is 25.8 Å². The molecule has 0 radical (unpaired) electrons. The van der Waals surface area contributed by atoms with Gasteiger partial charge in [0.15, 0.2) is 16.8 Å². The molecule has 0 aliphatic heterocycles. The van der Waals surface area contributed by atoms with Crippen molar-refractivity contribution in [3.05, 3.63) is 48.8 Å². The van der Waals surface area contributed by atoms with Gasteiger partial charge < -0.3 is 25.8 Å². The Hall–Kier alpha value is -3.59. The Kier molecular flexibility index (Phi) is 5.30. The molecule has 0 amide bonds. The molecule has 0 bridgehead atoms. The molecule has 0 unspecified atom stereocenters. The molecule has 0 spiro atoms. The van der Waals surface area contributed by atoms with Crippen LogP contribution in [0.5, 0.6) is 11.5 Å². The van der Waals surface area contributed by atoms with Gasteiger partial charge in [0.2, 0.25) is 0 Å². The molecule has 0 aliphatic carbocycles. The molecule has 0 aliphatic rings. The summed E-state index contributed by atoms with van der Waals surface area (Å²) in [6.45, 7) is 2.50. The van der Waals surface area contributed by atoms with Crippen LogP contribution in [-0.2, 0) is 0 Å². The molecular formula is C20H20N6O2S. The molecule has 0 atom stereocenters. The molecule has 0 saturated carbocycles. The van der Waals surface area contributed by atoms with Gasteiger partial charge in [0, 0.05) is 0 Å². The molecule has 4 rings (SSSR count). The van der Waals surface area contributed by atoms with E-state index in [1.807, 2.05) is 49.4 Å². The van der Waals surface area contributed by atoms with Crippen LogP contribution in [0, 0.1) is 0 Å². The molecule has 2 heterocycles. The van der Waals surface area contributed by atoms with Crippen LogP contribution in [0.15, 0.2) is 48.8 Å². The average molecular weight is 408 g/mol. The number of rotatable bonds is 7. The lowest BCUT2D eigenvalue weighted by atomic mass is 10.3. The highest BCUT2D eigenvalue weighted by Crippen LogP contribution is 2.34. The Labute approximate surface area is 171 Å². The van der Waals surface area contributed by atoms with Gasteiger partial charge >= 0.3 is 0 Å². The maximum Gasteiger partial charge on any atom is 0.189 e. The van der Waals surface area contributed by atoms with E-state index in [4.69, 9.17) is 15.2 Å². The summed E-state index contributed by atoms with van der Waals surface area (Å²) in [7, 11) is 1.64. The summed E-state index contributed by atoms with van der Waals surface area (Å²) in [5.41, 5.74) is 8.34. The SMILES string of the molecule is CCOc1ccccc1Nc1ncnc(Nc2nc3ccc(OC)cc3s2)c1N. The van der Waals surface area contributed by atoms with Gasteiger partial charge in [0.25, 0.3) is 0 Å². The second-order valence-corrected chi connectivity index (χ2v) is 7.05. The number of thiazole rings is 1. The number of ether oxygens (including phenoxy) is 2. The third-order valence-corrected chi connectivity index (χ3v) is 5.08. The average Bonchev–Trinajstić information content (AvgIpc) is 3.14. The van der Waals surface area contributed by atoms with Gasteiger partial charge in [0.05, 0.1) is 29.6 Å². The maximum absolute atomic E-state index is 6.31. The number of nitrogens with two attached hydrogens (primary N) is 1. The molecule has 4 N–H and O–H groups in total. The third-order valence-electron chi connectivity index (χ3n) is 4.14. The Balaban J connectivity index is 1.60. The van der Waals surface area contributed by atoms with Gasteiger partial charge in [-0.2, -0.15) is 0 Å². The number of hydrogen-bond donors (Lipinski definition) is 3. The van der Waals surface area contributed by atoms with E-state index in [2.05, 4.69) is 25.6 Å². The molecular weight excluding hydrogens is 388 g/mol. The number of aromatic nitrogens is 3. The fourth-order valence-corrected chi connectivity index (χ4v) is 3.65. The van der Waals surface area contributed by atoms with Gasteiger partial charge in [-0.1, -0.05) is 23.5 Å². The number of nitrogens with zero attached hydrogens (tertiary/aromatic N) is 3. The number of fused-ring (bicyclic) bond motifs is 1. The number of anilines is 5. The first-order chi connectivity index (χ1) is 14.2. The number of benzene rings is 2. The van der Waals surface area contributed by atoms with Crippen molar-refractivity contribution < 1.29 is 9.47 Å². The van der Waals surface area contributed by atoms with Crippen molar-refractivity contribution in [2.24, 2.45) is 0 Å². The van der Waals surface area contributed by atoms with Crippen LogP contribution in [0.2, 0.25) is 0 Å². The highest BCUT2D eigenvalue weighted by Gasteiger charge is 2.13. The number of nitrogens with one attached hydrogen (secondary N) is 2. The smallest absolute Gasteiger partial charge is 0.189 e. The topological polar surface area (TPSA) is 107 Å². The molecule has 2 aromatic heterocycles. The summed E-state index contributed by atoms with van der Waals surface area (Å²) in [5.74, 6) is 2.47. The lowest BCUT2D eigenvalue weighted by Gasteiger charge is -2.14. The second kappa shape index (κ2) is 8.19. The summed E-state index contributed by atoms with van der Waals surface area (Å²) >= 11 is 1.49. The first kappa shape index (κ1) is 18.8. The van der Waals surface area contributed by atoms with Crippen molar-refractivity contribution in [1.29, 1.82) is 0 Å². The van der Waals surface area contributed by atoms with Crippen molar-refractivity contribution >= 4 is 49.7 Å². The van der Waals surface area contributed by atoms with Crippen molar-refractivity contribution in [2.75, 3.05) is 30.1 Å². The fraction of sp³-hybridized carbons (Fsp3) is 0.150. The highest BCUT2D eigenvalue weighted by atomic mass is 32.1. The quantitative estimate of drug-likeness (QED) is 0.408. The predicted molar refractivity (Wildman–Crippen MR) is 117 cm³/mol. The first-order valence-corrected chi connectivity index (χ1v) is 9.80. The molecule has 148 valence electrons. The van der Waals surface area contributed by atoms with Crippen LogP contribution in [-0.4, -0.2) is 28.7 Å². The Morgan fingerprint density at radius 2 is 1.86 bits per heavy atom. The largest absolute Gasteiger partial charge is 0.497 e. The van der Waals surface area contributed by atoms with E-state index >= 15 is 0 Å². The lowest BCUT2D eigenvalue weighted by Crippen LogP contribution is -2.06. The normalized spacial score (nSPS) is 10.7. The monoisotopic (exact) mass is 408 g/mol. The molecule has 9 heteroatoms. The summed E-state index contributed by atoms with van der Waals surface area (Å²) in [6, 6.07) is 13.3. The van der Waals surface area contributed by atoms with Crippen LogP contribution >= 0.6 is 11.3 Å². The number of hydrogen-bond acceptors (Lipinski definition) is 9. The van der Waals surface area contributed by atoms with Gasteiger partial charge in [-0.05, 0) is 37.3 Å². The minimum atomic E-state index is 0.385. The zero-order valence-electron chi connectivity index (χ0n) is 16.0. The summed E-state index contributed by atoms with van der Waals surface area (Å²) < 4.78 is 11.9. The van der Waals surface area contributed by atoms with E-state index in [0.717, 1.165) is 27.4 Å². The van der Waals surface area contributed by atoms with E-state index in [9.17, 15) is 0 Å². The zero-order chi connectivity index (χ0) is 20.2. The fourth-order valence-electron chi connectivity index (χ4n) is 2.76. The van der Waals surface area contributed by atoms with Crippen molar-refractivity contribution in [3.63, 3.8) is 0 Å². The summed E-state index contributed by atoms with van der Waals surface area (Å²) in [5, 5.41) is 7.08. The molecule has 29 heavy (non-hydrogen) atoms. The molecule has 2 aromatic carbocycles. The lowest BCUT2D eigenvalue weighted by molar-refractivity contribution is 0.342. The zero-order valence-corrected chi connectivity index (χ0v) is 16.8. The minimum Gasteiger partial charge on any atom is -0.497 e. The van der Waals surface area contributed by atoms with Crippen molar-refractivity contribution in [2.45, 2.75) is 6.92 Å². The van der Waals surface area contributed by atoms with Crippen LogP contribution in [0.1, 0.15) is 6.92 Å². The van der Waals surface area contributed by atoms with Gasteiger partial charge in [0.1, 0.15) is 23.5 Å². The molecule has 8 nitrogen and oxygen atoms in total. The van der Waals surface area contributed by atoms with E-state index < -0.39 is 0 Å². The van der Waals surface area contributed by atoms with Gasteiger partial charge in [-0.25, -0.2) is 15.0 Å². The second-order valence-electron chi connectivity index (χ2n) is 6.02. The predicted octanol–water partition coefficient (Wildman–Crippen LogP) is 4.56. The Morgan fingerprint density at radius 3 is 2.66 bits per heavy atom. The van der Waals surface area contributed by atoms with Crippen LogP contribution in [0.4, 0.5) is 28.1 Å². The van der Waals surface area contributed by atoms with Gasteiger partial charge in [-0.3, -0.25) is 0 Å². The third kappa shape index (κ3) is 3.99. The standard InChI is InChI=1S/C20H20N6O2S/c1-3-28-15-7-5-4-6-13(15)24-18-17(21)19(23-11-22-18)26-20-25-14-9-8-12(27-2)10-16(14)29-20/h4-11H,3,21H2,1-2H3,(H2,22,23,24,25,26). The van der Waals surface area contributed by atoms with Crippen molar-refractivity contribution in [1.82, 2.24) is 15.0 Å². The first-order valence-electron chi connectivity index (χ1n) is 8.99. The highest BCUT2D eigenvalue weighted by molar-refractivity contribution is 7.22. The number of nitrogen functional groups attached to an aromatic ring is 1.